The molecule has 1 N–H and O–H groups in total. The van der Waals surface area contributed by atoms with Crippen LogP contribution in [0, 0.1) is 5.92 Å². The lowest BCUT2D eigenvalue weighted by Crippen LogP contribution is -2.51. The van der Waals surface area contributed by atoms with Gasteiger partial charge in [0.05, 0.1) is 33.5 Å². The number of ether oxygens (including phenoxy) is 2. The van der Waals surface area contributed by atoms with Gasteiger partial charge in [-0.1, -0.05) is 49.5 Å². The highest BCUT2D eigenvalue weighted by Crippen LogP contribution is 2.60. The average molecular weight is 668 g/mol. The van der Waals surface area contributed by atoms with Gasteiger partial charge >= 0.3 is 0 Å². The lowest BCUT2D eigenvalue weighted by atomic mass is 9.82. The molecule has 0 radical (unpaired) electrons. The number of aliphatic hydroxyl groups is 1. The van der Waals surface area contributed by atoms with Crippen molar-refractivity contribution in [3.8, 4) is 5.75 Å². The minimum Gasteiger partial charge on any atom is -0.497 e. The van der Waals surface area contributed by atoms with Crippen LogP contribution in [0.4, 0.5) is 17.1 Å². The molecule has 3 saturated heterocycles. The summed E-state index contributed by atoms with van der Waals surface area (Å²) in [6.07, 6.45) is 2.85. The molecule has 4 heterocycles. The number of nitrogens with zero attached hydrogens (tertiary/aromatic N) is 3. The average Bonchev–Trinajstić information content (AvgIpc) is 3.84. The number of methoxy groups -OCH3 is 1. The van der Waals surface area contributed by atoms with Gasteiger partial charge in [0.1, 0.15) is 5.75 Å². The third-order valence-electron chi connectivity index (χ3n) is 11.3. The maximum absolute atomic E-state index is 15.1. The van der Waals surface area contributed by atoms with Crippen molar-refractivity contribution in [1.82, 2.24) is 0 Å². The third-order valence-corrected chi connectivity index (χ3v) is 15.6. The molecule has 0 saturated carbocycles. The van der Waals surface area contributed by atoms with Crippen molar-refractivity contribution in [2.45, 2.75) is 75.9 Å². The van der Waals surface area contributed by atoms with E-state index in [1.807, 2.05) is 69.3 Å². The van der Waals surface area contributed by atoms with Gasteiger partial charge in [0.2, 0.25) is 11.8 Å². The van der Waals surface area contributed by atoms with Gasteiger partial charge in [-0.05, 0) is 72.8 Å². The summed E-state index contributed by atoms with van der Waals surface area (Å²) in [5, 5.41) is 11.5. The lowest BCUT2D eigenvalue weighted by Gasteiger charge is -2.37. The first-order valence-electron chi connectivity index (χ1n) is 17.2. The second-order valence-electron chi connectivity index (χ2n) is 14.2. The van der Waals surface area contributed by atoms with E-state index in [9.17, 15) is 14.7 Å². The van der Waals surface area contributed by atoms with Crippen LogP contribution >= 0.6 is 0 Å². The zero-order valence-corrected chi connectivity index (χ0v) is 29.3. The second-order valence-corrected chi connectivity index (χ2v) is 18.9. The Morgan fingerprint density at radius 3 is 2.10 bits per heavy atom. The van der Waals surface area contributed by atoms with Gasteiger partial charge in [-0.3, -0.25) is 14.4 Å². The molecular weight excluding hydrogens is 623 g/mol. The van der Waals surface area contributed by atoms with Crippen molar-refractivity contribution in [1.29, 1.82) is 0 Å². The number of hydrogen-bond donors (Lipinski definition) is 1. The van der Waals surface area contributed by atoms with Gasteiger partial charge in [-0.25, -0.2) is 0 Å². The molecule has 4 atom stereocenters. The molecule has 9 nitrogen and oxygen atoms in total. The van der Waals surface area contributed by atoms with E-state index in [1.165, 1.54) is 5.19 Å². The minimum absolute atomic E-state index is 0.0177. The Balaban J connectivity index is 1.29. The molecule has 252 valence electrons. The van der Waals surface area contributed by atoms with Crippen LogP contribution in [0.3, 0.4) is 0 Å². The SMILES string of the molecule is COc1ccc([Si](C)(C)[C@@H]2[C@@H](CCO)O[C@]3(C(=O)N(Cc4ccc(N5CCCC5=O)cc4)c4ccc(N5CCCC5=O)cc43)[C@H]2C)cc1. The molecule has 0 bridgehead atoms. The molecule has 10 heteroatoms. The largest absolute Gasteiger partial charge is 0.497 e. The number of benzene rings is 3. The normalized spacial score (nSPS) is 25.6. The molecule has 7 rings (SSSR count). The van der Waals surface area contributed by atoms with E-state index in [0.717, 1.165) is 53.3 Å². The summed E-state index contributed by atoms with van der Waals surface area (Å²) in [5.41, 5.74) is 2.94. The second kappa shape index (κ2) is 12.5. The van der Waals surface area contributed by atoms with Crippen molar-refractivity contribution in [2.75, 3.05) is 41.5 Å². The van der Waals surface area contributed by atoms with Crippen molar-refractivity contribution in [3.63, 3.8) is 0 Å². The van der Waals surface area contributed by atoms with E-state index in [0.29, 0.717) is 32.4 Å². The molecule has 3 aromatic rings. The van der Waals surface area contributed by atoms with Crippen LogP contribution in [0.1, 0.15) is 50.2 Å². The fourth-order valence-electron chi connectivity index (χ4n) is 8.83. The van der Waals surface area contributed by atoms with Crippen LogP contribution in [-0.4, -0.2) is 63.8 Å². The Kier molecular flexibility index (Phi) is 8.46. The summed E-state index contributed by atoms with van der Waals surface area (Å²) in [6.45, 7) is 8.46. The maximum atomic E-state index is 15.1. The number of hydrogen-bond acceptors (Lipinski definition) is 6. The van der Waals surface area contributed by atoms with Gasteiger partial charge in [0, 0.05) is 55.4 Å². The number of anilines is 3. The topological polar surface area (TPSA) is 99.6 Å². The Morgan fingerprint density at radius 1 is 0.896 bits per heavy atom. The molecule has 0 aliphatic carbocycles. The first-order valence-corrected chi connectivity index (χ1v) is 20.3. The van der Waals surface area contributed by atoms with E-state index < -0.39 is 13.7 Å². The highest BCUT2D eigenvalue weighted by Gasteiger charge is 2.66. The number of rotatable bonds is 9. The van der Waals surface area contributed by atoms with Crippen LogP contribution < -0.4 is 24.6 Å². The monoisotopic (exact) mass is 667 g/mol. The molecular formula is C38H45N3O6Si. The highest BCUT2D eigenvalue weighted by atomic mass is 28.3. The van der Waals surface area contributed by atoms with Gasteiger partial charge in [0.25, 0.3) is 5.91 Å². The predicted octanol–water partition coefficient (Wildman–Crippen LogP) is 5.09. The van der Waals surface area contributed by atoms with Crippen LogP contribution in [0.5, 0.6) is 5.75 Å². The number of carbonyl (C=O) groups is 3. The zero-order chi connectivity index (χ0) is 33.8. The minimum atomic E-state index is -2.32. The first kappa shape index (κ1) is 32.5. The predicted molar refractivity (Wildman–Crippen MR) is 189 cm³/mol. The number of amides is 3. The Hall–Kier alpha value is -3.99. The fourth-order valence-corrected chi connectivity index (χ4v) is 12.9. The quantitative estimate of drug-likeness (QED) is 0.319. The molecule has 0 unspecified atom stereocenters. The molecule has 3 aromatic carbocycles. The van der Waals surface area contributed by atoms with Crippen molar-refractivity contribution >= 4 is 48.0 Å². The summed E-state index contributed by atoms with van der Waals surface area (Å²) in [6, 6.07) is 22.1. The van der Waals surface area contributed by atoms with Crippen LogP contribution in [0.2, 0.25) is 18.6 Å². The van der Waals surface area contributed by atoms with Crippen molar-refractivity contribution < 1.29 is 29.0 Å². The molecule has 3 amide bonds. The van der Waals surface area contributed by atoms with Crippen LogP contribution in [0.15, 0.2) is 66.7 Å². The van der Waals surface area contributed by atoms with Gasteiger partial charge in [-0.2, -0.15) is 0 Å². The van der Waals surface area contributed by atoms with E-state index in [4.69, 9.17) is 9.47 Å². The van der Waals surface area contributed by atoms with Gasteiger partial charge in [0.15, 0.2) is 5.60 Å². The summed E-state index contributed by atoms with van der Waals surface area (Å²) in [4.78, 5) is 45.7. The molecule has 48 heavy (non-hydrogen) atoms. The van der Waals surface area contributed by atoms with E-state index >= 15 is 4.79 Å². The number of carbonyl (C=O) groups excluding carboxylic acids is 3. The Morgan fingerprint density at radius 2 is 1.52 bits per heavy atom. The van der Waals surface area contributed by atoms with Crippen LogP contribution in [-0.2, 0) is 31.3 Å². The Labute approximate surface area is 283 Å². The standard InChI is InChI=1S/C38H45N3O6Si/c1-25-36(48(3,4)30-16-14-29(46-2)15-17-30)33(19-22-42)47-38(25)31-23-28(40-21-6-8-35(40)44)13-18-32(31)41(37(38)45)24-26-9-11-27(12-10-26)39-20-5-7-34(39)43/h9-18,23,25,33,36,42H,5-8,19-22,24H2,1-4H3/t25-,33+,36-,38+/m0/s1. The summed E-state index contributed by atoms with van der Waals surface area (Å²) in [5.74, 6) is 0.704. The van der Waals surface area contributed by atoms with E-state index in [2.05, 4.69) is 32.2 Å². The van der Waals surface area contributed by atoms with Crippen molar-refractivity contribution in [2.24, 2.45) is 5.92 Å². The zero-order valence-electron chi connectivity index (χ0n) is 28.3. The lowest BCUT2D eigenvalue weighted by molar-refractivity contribution is -0.146. The van der Waals surface area contributed by atoms with Crippen LogP contribution in [0.25, 0.3) is 0 Å². The summed E-state index contributed by atoms with van der Waals surface area (Å²) in [7, 11) is -0.660. The fraction of sp³-hybridized carbons (Fsp3) is 0.447. The smallest absolute Gasteiger partial charge is 0.264 e. The van der Waals surface area contributed by atoms with Gasteiger partial charge < -0.3 is 29.3 Å². The van der Waals surface area contributed by atoms with Gasteiger partial charge in [-0.15, -0.1) is 0 Å². The molecule has 4 aliphatic rings. The molecule has 1 spiro atoms. The number of fused-ring (bicyclic) bond motifs is 2. The molecule has 4 aliphatic heterocycles. The number of aliphatic hydroxyl groups excluding tert-OH is 1. The molecule has 0 aromatic heterocycles. The summed E-state index contributed by atoms with van der Waals surface area (Å²) >= 11 is 0. The van der Waals surface area contributed by atoms with Crippen molar-refractivity contribution in [3.05, 3.63) is 77.9 Å². The summed E-state index contributed by atoms with van der Waals surface area (Å²) < 4.78 is 12.5. The Bertz CT molecular complexity index is 1730. The third kappa shape index (κ3) is 5.16. The highest BCUT2D eigenvalue weighted by molar-refractivity contribution is 6.91. The molecule has 3 fully saturated rings. The van der Waals surface area contributed by atoms with E-state index in [1.54, 1.807) is 7.11 Å². The first-order chi connectivity index (χ1) is 23.1. The maximum Gasteiger partial charge on any atom is 0.264 e. The van der Waals surface area contributed by atoms with E-state index in [-0.39, 0.29) is 41.9 Å².